The first-order chi connectivity index (χ1) is 6.99. The quantitative estimate of drug-likeness (QED) is 0.557. The molecule has 1 rings (SSSR count). The van der Waals surface area contributed by atoms with Gasteiger partial charge in [-0.3, -0.25) is 4.90 Å². The van der Waals surface area contributed by atoms with Crippen molar-refractivity contribution in [3.05, 3.63) is 29.3 Å². The van der Waals surface area contributed by atoms with Crippen molar-refractivity contribution in [1.29, 1.82) is 0 Å². The Hall–Kier alpha value is -0.550. The first-order valence-corrected chi connectivity index (χ1v) is 4.66. The number of phenols is 1. The number of hydrogen-bond acceptors (Lipinski definition) is 4. The van der Waals surface area contributed by atoms with E-state index in [9.17, 15) is 15.0 Å². The Kier molecular flexibility index (Phi) is 6.67. The molecule has 0 amide bonds. The standard InChI is InChI=1S/C11H15NO3.Na/c1-8-3-4-10(13)9(5-8)6-12(2)7-11(14)15;/h3-5,13H,6-7H2,1-2H3,(H,14,15);/q;+1/p-1. The number of aryl methyl sites for hydroxylation is 1. The van der Waals surface area contributed by atoms with Crippen molar-refractivity contribution < 1.29 is 44.6 Å². The number of carbonyl (C=O) groups is 1. The van der Waals surface area contributed by atoms with E-state index in [4.69, 9.17) is 0 Å². The molecule has 1 aromatic rings. The van der Waals surface area contributed by atoms with Crippen LogP contribution in [-0.2, 0) is 11.3 Å². The summed E-state index contributed by atoms with van der Waals surface area (Å²) in [6.45, 7) is 2.16. The average Bonchev–Trinajstić information content (AvgIpc) is 2.10. The molecule has 1 N–H and O–H groups in total. The molecule has 0 heterocycles. The van der Waals surface area contributed by atoms with Gasteiger partial charge in [0.15, 0.2) is 0 Å². The third-order valence-corrected chi connectivity index (χ3v) is 2.07. The molecule has 0 aliphatic heterocycles. The van der Waals surface area contributed by atoms with E-state index in [1.54, 1.807) is 24.1 Å². The van der Waals surface area contributed by atoms with Crippen molar-refractivity contribution in [2.75, 3.05) is 13.6 Å². The van der Waals surface area contributed by atoms with Gasteiger partial charge >= 0.3 is 29.6 Å². The van der Waals surface area contributed by atoms with Gasteiger partial charge in [0.2, 0.25) is 0 Å². The molecule has 0 saturated heterocycles. The minimum atomic E-state index is -1.12. The molecule has 0 fully saturated rings. The van der Waals surface area contributed by atoms with Gasteiger partial charge in [-0.2, -0.15) is 0 Å². The van der Waals surface area contributed by atoms with E-state index < -0.39 is 5.97 Å². The van der Waals surface area contributed by atoms with Gasteiger partial charge in [0.05, 0.1) is 5.97 Å². The SMILES string of the molecule is Cc1ccc(O)c(CN(C)CC(=O)[O-])c1.[Na+]. The monoisotopic (exact) mass is 231 g/mol. The Labute approximate surface area is 117 Å². The van der Waals surface area contributed by atoms with Crippen LogP contribution in [0.25, 0.3) is 0 Å². The molecule has 0 bridgehead atoms. The van der Waals surface area contributed by atoms with Crippen LogP contribution in [0.1, 0.15) is 11.1 Å². The Morgan fingerprint density at radius 2 is 2.12 bits per heavy atom. The van der Waals surface area contributed by atoms with E-state index in [1.807, 2.05) is 13.0 Å². The number of hydrogen-bond donors (Lipinski definition) is 1. The van der Waals surface area contributed by atoms with E-state index in [-0.39, 0.29) is 41.9 Å². The van der Waals surface area contributed by atoms with E-state index in [1.165, 1.54) is 0 Å². The number of benzene rings is 1. The maximum atomic E-state index is 10.3. The molecule has 0 atom stereocenters. The number of phenolic OH excluding ortho intramolecular Hbond substituents is 1. The van der Waals surface area contributed by atoms with Gasteiger partial charge in [-0.25, -0.2) is 0 Å². The molecule has 0 aliphatic rings. The second-order valence-corrected chi connectivity index (χ2v) is 3.68. The molecule has 5 heteroatoms. The average molecular weight is 231 g/mol. The van der Waals surface area contributed by atoms with Crippen LogP contribution in [0.2, 0.25) is 0 Å². The number of likely N-dealkylation sites (N-methyl/N-ethyl adjacent to an activating group) is 1. The Balaban J connectivity index is 0.00000225. The Morgan fingerprint density at radius 3 is 2.69 bits per heavy atom. The third kappa shape index (κ3) is 4.99. The van der Waals surface area contributed by atoms with Crippen LogP contribution in [0, 0.1) is 6.92 Å². The number of carboxylic acid groups (broad SMARTS) is 1. The summed E-state index contributed by atoms with van der Waals surface area (Å²) in [7, 11) is 1.66. The zero-order valence-corrected chi connectivity index (χ0v) is 11.9. The molecule has 0 unspecified atom stereocenters. The van der Waals surface area contributed by atoms with Crippen molar-refractivity contribution in [3.63, 3.8) is 0 Å². The van der Waals surface area contributed by atoms with Gasteiger partial charge < -0.3 is 15.0 Å². The molecule has 0 aliphatic carbocycles. The maximum absolute atomic E-state index is 10.3. The van der Waals surface area contributed by atoms with Crippen molar-refractivity contribution in [2.45, 2.75) is 13.5 Å². The Bertz CT molecular complexity index is 368. The number of rotatable bonds is 4. The maximum Gasteiger partial charge on any atom is 1.00 e. The minimum absolute atomic E-state index is 0. The molecule has 82 valence electrons. The van der Waals surface area contributed by atoms with Crippen LogP contribution < -0.4 is 34.7 Å². The number of carbonyl (C=O) groups excluding carboxylic acids is 1. The number of aliphatic carboxylic acids is 1. The summed E-state index contributed by atoms with van der Waals surface area (Å²) in [6, 6.07) is 5.25. The van der Waals surface area contributed by atoms with Gasteiger partial charge in [0.25, 0.3) is 0 Å². The zero-order chi connectivity index (χ0) is 11.4. The Morgan fingerprint density at radius 1 is 1.50 bits per heavy atom. The molecule has 1 aromatic carbocycles. The van der Waals surface area contributed by atoms with Crippen LogP contribution in [0.4, 0.5) is 0 Å². The fraction of sp³-hybridized carbons (Fsp3) is 0.364. The first-order valence-electron chi connectivity index (χ1n) is 4.66. The van der Waals surface area contributed by atoms with Crippen LogP contribution >= 0.6 is 0 Å². The van der Waals surface area contributed by atoms with E-state index in [2.05, 4.69) is 0 Å². The minimum Gasteiger partial charge on any atom is -0.549 e. The first kappa shape index (κ1) is 15.4. The topological polar surface area (TPSA) is 63.6 Å². The molecule has 0 spiro atoms. The molecular formula is C11H14NNaO3. The summed E-state index contributed by atoms with van der Waals surface area (Å²) >= 11 is 0. The van der Waals surface area contributed by atoms with E-state index in [0.717, 1.165) is 11.1 Å². The van der Waals surface area contributed by atoms with E-state index in [0.29, 0.717) is 6.54 Å². The smallest absolute Gasteiger partial charge is 0.549 e. The van der Waals surface area contributed by atoms with Crippen LogP contribution in [0.3, 0.4) is 0 Å². The molecule has 0 saturated carbocycles. The number of carboxylic acids is 1. The summed E-state index contributed by atoms with van der Waals surface area (Å²) in [6.07, 6.45) is 0. The number of nitrogens with zero attached hydrogens (tertiary/aromatic N) is 1. The van der Waals surface area contributed by atoms with Crippen LogP contribution in [-0.4, -0.2) is 29.6 Å². The second-order valence-electron chi connectivity index (χ2n) is 3.68. The molecule has 16 heavy (non-hydrogen) atoms. The second kappa shape index (κ2) is 6.91. The van der Waals surface area contributed by atoms with Crippen molar-refractivity contribution in [1.82, 2.24) is 4.90 Å². The normalized spacial score (nSPS) is 9.94. The summed E-state index contributed by atoms with van der Waals surface area (Å²) in [5, 5.41) is 19.9. The predicted molar refractivity (Wildman–Crippen MR) is 54.2 cm³/mol. The fourth-order valence-electron chi connectivity index (χ4n) is 1.41. The van der Waals surface area contributed by atoms with Gasteiger partial charge in [-0.05, 0) is 20.0 Å². The van der Waals surface area contributed by atoms with Crippen molar-refractivity contribution in [3.8, 4) is 5.75 Å². The molecule has 4 nitrogen and oxygen atoms in total. The van der Waals surface area contributed by atoms with Crippen molar-refractivity contribution >= 4 is 5.97 Å². The predicted octanol–water partition coefficient (Wildman–Crippen LogP) is -3.11. The zero-order valence-electron chi connectivity index (χ0n) is 9.86. The van der Waals surface area contributed by atoms with Gasteiger partial charge in [0.1, 0.15) is 5.75 Å². The van der Waals surface area contributed by atoms with Gasteiger partial charge in [0, 0.05) is 18.7 Å². The van der Waals surface area contributed by atoms with Crippen LogP contribution in [0.5, 0.6) is 5.75 Å². The van der Waals surface area contributed by atoms with Crippen molar-refractivity contribution in [2.24, 2.45) is 0 Å². The van der Waals surface area contributed by atoms with Gasteiger partial charge in [-0.1, -0.05) is 17.7 Å². The number of aromatic hydroxyl groups is 1. The van der Waals surface area contributed by atoms with Gasteiger partial charge in [-0.15, -0.1) is 0 Å². The third-order valence-electron chi connectivity index (χ3n) is 2.07. The summed E-state index contributed by atoms with van der Waals surface area (Å²) < 4.78 is 0. The van der Waals surface area contributed by atoms with E-state index >= 15 is 0 Å². The summed E-state index contributed by atoms with van der Waals surface area (Å²) in [5.74, 6) is -0.935. The fourth-order valence-corrected chi connectivity index (χ4v) is 1.41. The molecular weight excluding hydrogens is 217 g/mol. The largest absolute Gasteiger partial charge is 1.00 e. The van der Waals surface area contributed by atoms with Crippen LogP contribution in [0.15, 0.2) is 18.2 Å². The summed E-state index contributed by atoms with van der Waals surface area (Å²) in [4.78, 5) is 11.9. The molecule has 0 radical (unpaired) electrons. The molecule has 0 aromatic heterocycles. The summed E-state index contributed by atoms with van der Waals surface area (Å²) in [5.41, 5.74) is 1.75.